The van der Waals surface area contributed by atoms with Crippen molar-refractivity contribution in [1.82, 2.24) is 4.72 Å². The molecule has 0 bridgehead atoms. The normalized spacial score (nSPS) is 25.9. The smallest absolute Gasteiger partial charge is 0.244 e. The van der Waals surface area contributed by atoms with Gasteiger partial charge in [-0.3, -0.25) is 0 Å². The third-order valence-corrected chi connectivity index (χ3v) is 6.51. The number of sulfonamides is 1. The molecule has 0 spiro atoms. The van der Waals surface area contributed by atoms with Crippen LogP contribution in [0.2, 0.25) is 0 Å². The molecule has 1 fully saturated rings. The number of benzene rings is 1. The van der Waals surface area contributed by atoms with E-state index in [1.165, 1.54) is 6.42 Å². The van der Waals surface area contributed by atoms with Gasteiger partial charge in [-0.15, -0.1) is 0 Å². The average Bonchev–Trinajstić information content (AvgIpc) is 2.46. The molecule has 0 aromatic heterocycles. The lowest BCUT2D eigenvalue weighted by Gasteiger charge is -2.34. The monoisotopic (exact) mass is 389 g/mol. The van der Waals surface area contributed by atoms with Crippen molar-refractivity contribution in [2.24, 2.45) is 11.8 Å². The van der Waals surface area contributed by atoms with E-state index in [9.17, 15) is 8.42 Å². The molecular weight excluding hydrogens is 366 g/mol. The first-order chi connectivity index (χ1) is 10.3. The molecule has 0 radical (unpaired) electrons. The molecule has 2 rings (SSSR count). The van der Waals surface area contributed by atoms with Crippen LogP contribution in [0.4, 0.5) is 0 Å². The van der Waals surface area contributed by atoms with Crippen LogP contribution in [0, 0.1) is 11.8 Å². The molecule has 1 aliphatic rings. The van der Waals surface area contributed by atoms with Crippen LogP contribution in [-0.4, -0.2) is 21.1 Å². The Kier molecular flexibility index (Phi) is 5.91. The Balaban J connectivity index is 2.28. The topological polar surface area (TPSA) is 55.4 Å². The molecule has 1 N–H and O–H groups in total. The molecule has 1 aliphatic carbocycles. The van der Waals surface area contributed by atoms with Gasteiger partial charge in [-0.05, 0) is 43.4 Å². The van der Waals surface area contributed by atoms with Crippen molar-refractivity contribution in [2.45, 2.75) is 51.0 Å². The number of rotatable bonds is 5. The second-order valence-electron chi connectivity index (χ2n) is 6.02. The van der Waals surface area contributed by atoms with Gasteiger partial charge in [0, 0.05) is 10.5 Å². The van der Waals surface area contributed by atoms with Crippen LogP contribution in [0.1, 0.15) is 40.0 Å². The van der Waals surface area contributed by atoms with Gasteiger partial charge in [-0.2, -0.15) is 0 Å². The fourth-order valence-corrected chi connectivity index (χ4v) is 5.02. The predicted octanol–water partition coefficient (Wildman–Crippen LogP) is 3.95. The third kappa shape index (κ3) is 4.03. The van der Waals surface area contributed by atoms with E-state index in [1.807, 2.05) is 6.92 Å². The Hall–Kier alpha value is -0.590. The van der Waals surface area contributed by atoms with E-state index in [4.69, 9.17) is 4.74 Å². The van der Waals surface area contributed by atoms with Crippen molar-refractivity contribution in [3.63, 3.8) is 0 Å². The van der Waals surface area contributed by atoms with E-state index < -0.39 is 10.0 Å². The Bertz CT molecular complexity index is 618. The lowest BCUT2D eigenvalue weighted by molar-refractivity contribution is 0.226. The summed E-state index contributed by atoms with van der Waals surface area (Å²) in [5.74, 6) is 1.27. The van der Waals surface area contributed by atoms with E-state index in [2.05, 4.69) is 34.5 Å². The Morgan fingerprint density at radius 2 is 2.05 bits per heavy atom. The fraction of sp³-hybridized carbons (Fsp3) is 0.625. The SMILES string of the molecule is CCOc1ccc(Br)cc1S(=O)(=O)N[C@@H]1CCC[C@H](C)[C@H]1C. The zero-order valence-corrected chi connectivity index (χ0v) is 15.7. The summed E-state index contributed by atoms with van der Waals surface area (Å²) in [6.45, 7) is 6.59. The van der Waals surface area contributed by atoms with Crippen LogP contribution in [0.25, 0.3) is 0 Å². The third-order valence-electron chi connectivity index (χ3n) is 4.51. The molecule has 0 saturated heterocycles. The largest absolute Gasteiger partial charge is 0.492 e. The summed E-state index contributed by atoms with van der Waals surface area (Å²) >= 11 is 3.34. The van der Waals surface area contributed by atoms with Gasteiger partial charge in [0.1, 0.15) is 10.6 Å². The molecule has 0 unspecified atom stereocenters. The summed E-state index contributed by atoms with van der Waals surface area (Å²) in [5.41, 5.74) is 0. The zero-order chi connectivity index (χ0) is 16.3. The standard InChI is InChI=1S/C16H24BrNO3S/c1-4-21-15-9-8-13(17)10-16(15)22(19,20)18-14-7-5-6-11(2)12(14)3/h8-12,14,18H,4-7H2,1-3H3/t11-,12+,14+/m0/s1. The number of ether oxygens (including phenoxy) is 1. The molecule has 1 saturated carbocycles. The van der Waals surface area contributed by atoms with Crippen molar-refractivity contribution in [3.8, 4) is 5.75 Å². The second-order valence-corrected chi connectivity index (χ2v) is 8.62. The van der Waals surface area contributed by atoms with Crippen molar-refractivity contribution < 1.29 is 13.2 Å². The molecule has 6 heteroatoms. The van der Waals surface area contributed by atoms with E-state index in [0.717, 1.165) is 17.3 Å². The molecule has 3 atom stereocenters. The minimum absolute atomic E-state index is 0.0118. The molecule has 4 nitrogen and oxygen atoms in total. The Morgan fingerprint density at radius 3 is 2.73 bits per heavy atom. The van der Waals surface area contributed by atoms with Crippen LogP contribution in [0.15, 0.2) is 27.6 Å². The molecule has 22 heavy (non-hydrogen) atoms. The summed E-state index contributed by atoms with van der Waals surface area (Å²) in [5, 5.41) is 0. The second kappa shape index (κ2) is 7.32. The highest BCUT2D eigenvalue weighted by Crippen LogP contribution is 2.32. The maximum Gasteiger partial charge on any atom is 0.244 e. The molecule has 1 aromatic rings. The first kappa shape index (κ1) is 17.8. The van der Waals surface area contributed by atoms with Gasteiger partial charge in [-0.25, -0.2) is 13.1 Å². The number of hydrogen-bond donors (Lipinski definition) is 1. The maximum absolute atomic E-state index is 12.8. The Labute approximate surface area is 141 Å². The summed E-state index contributed by atoms with van der Waals surface area (Å²) < 4.78 is 34.7. The summed E-state index contributed by atoms with van der Waals surface area (Å²) in [7, 11) is -3.60. The lowest BCUT2D eigenvalue weighted by atomic mass is 9.78. The van der Waals surface area contributed by atoms with Gasteiger partial charge in [0.15, 0.2) is 0 Å². The van der Waals surface area contributed by atoms with Crippen molar-refractivity contribution in [1.29, 1.82) is 0 Å². The maximum atomic E-state index is 12.8. The van der Waals surface area contributed by atoms with E-state index in [-0.39, 0.29) is 10.9 Å². The first-order valence-electron chi connectivity index (χ1n) is 7.80. The highest BCUT2D eigenvalue weighted by atomic mass is 79.9. The van der Waals surface area contributed by atoms with Gasteiger partial charge in [0.05, 0.1) is 6.61 Å². The predicted molar refractivity (Wildman–Crippen MR) is 91.6 cm³/mol. The molecule has 0 heterocycles. The first-order valence-corrected chi connectivity index (χ1v) is 10.1. The van der Waals surface area contributed by atoms with Gasteiger partial charge in [0.2, 0.25) is 10.0 Å². The van der Waals surface area contributed by atoms with E-state index >= 15 is 0 Å². The number of nitrogens with one attached hydrogen (secondary N) is 1. The van der Waals surface area contributed by atoms with Gasteiger partial charge < -0.3 is 4.74 Å². The van der Waals surface area contributed by atoms with Gasteiger partial charge in [-0.1, -0.05) is 42.6 Å². The average molecular weight is 390 g/mol. The zero-order valence-electron chi connectivity index (χ0n) is 13.3. The summed E-state index contributed by atoms with van der Waals surface area (Å²) in [6.07, 6.45) is 3.12. The molecular formula is C16H24BrNO3S. The highest BCUT2D eigenvalue weighted by Gasteiger charge is 2.32. The van der Waals surface area contributed by atoms with Crippen LogP contribution in [0.3, 0.4) is 0 Å². The minimum atomic E-state index is -3.60. The van der Waals surface area contributed by atoms with Gasteiger partial charge >= 0.3 is 0 Å². The van der Waals surface area contributed by atoms with Crippen LogP contribution < -0.4 is 9.46 Å². The highest BCUT2D eigenvalue weighted by molar-refractivity contribution is 9.10. The minimum Gasteiger partial charge on any atom is -0.492 e. The van der Waals surface area contributed by atoms with Crippen molar-refractivity contribution in [2.75, 3.05) is 6.61 Å². The van der Waals surface area contributed by atoms with Crippen molar-refractivity contribution >= 4 is 26.0 Å². The van der Waals surface area contributed by atoms with E-state index in [1.54, 1.807) is 18.2 Å². The number of halogens is 1. The molecule has 1 aromatic carbocycles. The number of hydrogen-bond acceptors (Lipinski definition) is 3. The summed E-state index contributed by atoms with van der Waals surface area (Å²) in [4.78, 5) is 0.203. The quantitative estimate of drug-likeness (QED) is 0.828. The molecule has 0 amide bonds. The molecule has 0 aliphatic heterocycles. The van der Waals surface area contributed by atoms with Crippen LogP contribution in [-0.2, 0) is 10.0 Å². The lowest BCUT2D eigenvalue weighted by Crippen LogP contribution is -2.43. The van der Waals surface area contributed by atoms with Crippen LogP contribution >= 0.6 is 15.9 Å². The fourth-order valence-electron chi connectivity index (χ4n) is 2.98. The van der Waals surface area contributed by atoms with Crippen LogP contribution in [0.5, 0.6) is 5.75 Å². The van der Waals surface area contributed by atoms with E-state index in [0.29, 0.717) is 24.2 Å². The Morgan fingerprint density at radius 1 is 1.32 bits per heavy atom. The molecule has 124 valence electrons. The van der Waals surface area contributed by atoms with Gasteiger partial charge in [0.25, 0.3) is 0 Å². The van der Waals surface area contributed by atoms with Crippen molar-refractivity contribution in [3.05, 3.63) is 22.7 Å². The summed E-state index contributed by atoms with van der Waals surface area (Å²) in [6, 6.07) is 5.07.